The monoisotopic (exact) mass is 563 g/mol. The van der Waals surface area contributed by atoms with Crippen molar-refractivity contribution in [2.24, 2.45) is 0 Å². The van der Waals surface area contributed by atoms with Crippen LogP contribution in [-0.2, 0) is 6.18 Å². The largest absolute Gasteiger partial charge is 0.416 e. The van der Waals surface area contributed by atoms with Gasteiger partial charge in [0.15, 0.2) is 0 Å². The second-order valence-corrected chi connectivity index (χ2v) is 8.85. The third kappa shape index (κ3) is 7.82. The molecule has 4 N–H and O–H groups in total. The molecule has 4 aromatic carbocycles. The summed E-state index contributed by atoms with van der Waals surface area (Å²) in [7, 11) is 0. The molecule has 41 heavy (non-hydrogen) atoms. The summed E-state index contributed by atoms with van der Waals surface area (Å²) >= 11 is 0. The summed E-state index contributed by atoms with van der Waals surface area (Å²) in [5, 5.41) is 21.8. The fraction of sp³-hybridized carbons (Fsp3) is 0.103. The van der Waals surface area contributed by atoms with Gasteiger partial charge >= 0.3 is 18.2 Å². The van der Waals surface area contributed by atoms with Gasteiger partial charge in [-0.05, 0) is 47.5 Å². The number of halogens is 3. The molecule has 0 fully saturated rings. The lowest BCUT2D eigenvalue weighted by Crippen LogP contribution is -2.43. The molecule has 2 atom stereocenters. The highest BCUT2D eigenvalue weighted by atomic mass is 19.4. The molecule has 0 aliphatic carbocycles. The molecular formula is C29H24F3N5O4. The van der Waals surface area contributed by atoms with Crippen molar-refractivity contribution >= 4 is 29.1 Å². The Labute approximate surface area is 232 Å². The fourth-order valence-corrected chi connectivity index (χ4v) is 4.06. The van der Waals surface area contributed by atoms with Crippen molar-refractivity contribution in [3.05, 3.63) is 136 Å². The number of amides is 4. The van der Waals surface area contributed by atoms with Crippen molar-refractivity contribution in [3.63, 3.8) is 0 Å². The molecule has 0 heterocycles. The molecule has 0 saturated carbocycles. The summed E-state index contributed by atoms with van der Waals surface area (Å²) in [6.07, 6.45) is -4.51. The summed E-state index contributed by atoms with van der Waals surface area (Å²) in [4.78, 5) is 36.5. The van der Waals surface area contributed by atoms with Crippen molar-refractivity contribution in [2.75, 3.05) is 10.6 Å². The molecule has 2 unspecified atom stereocenters. The number of hydrogen-bond acceptors (Lipinski definition) is 4. The normalized spacial score (nSPS) is 12.5. The van der Waals surface area contributed by atoms with Gasteiger partial charge in [-0.25, -0.2) is 9.59 Å². The van der Waals surface area contributed by atoms with Gasteiger partial charge in [-0.3, -0.25) is 10.1 Å². The minimum Gasteiger partial charge on any atom is -0.329 e. The molecule has 210 valence electrons. The Morgan fingerprint density at radius 2 is 1.02 bits per heavy atom. The molecule has 0 radical (unpaired) electrons. The highest BCUT2D eigenvalue weighted by Gasteiger charge is 2.31. The Hall–Kier alpha value is -5.39. The average molecular weight is 564 g/mol. The number of anilines is 2. The highest BCUT2D eigenvalue weighted by Crippen LogP contribution is 2.31. The van der Waals surface area contributed by atoms with Crippen LogP contribution in [0.1, 0.15) is 28.8 Å². The molecule has 4 rings (SSSR count). The van der Waals surface area contributed by atoms with Crippen molar-refractivity contribution in [3.8, 4) is 0 Å². The van der Waals surface area contributed by atoms with E-state index in [1.165, 1.54) is 24.3 Å². The van der Waals surface area contributed by atoms with Crippen LogP contribution in [0.3, 0.4) is 0 Å². The van der Waals surface area contributed by atoms with E-state index >= 15 is 0 Å². The first-order valence-corrected chi connectivity index (χ1v) is 12.3. The SMILES string of the molecule is O=C(Nc1ccc([N+](=O)[O-])cc1)NC(c1ccccc1)C(NC(=O)Nc1ccc(C(F)(F)F)cc1)c1ccccc1. The van der Waals surface area contributed by atoms with Gasteiger partial charge in [-0.15, -0.1) is 0 Å². The Bertz CT molecular complexity index is 1480. The van der Waals surface area contributed by atoms with Gasteiger partial charge in [0.25, 0.3) is 5.69 Å². The van der Waals surface area contributed by atoms with E-state index < -0.39 is 40.8 Å². The Morgan fingerprint density at radius 3 is 1.39 bits per heavy atom. The van der Waals surface area contributed by atoms with Crippen LogP contribution in [0.4, 0.5) is 39.8 Å². The molecule has 0 aliphatic heterocycles. The molecular weight excluding hydrogens is 539 g/mol. The number of rotatable bonds is 8. The molecule has 9 nitrogen and oxygen atoms in total. The second kappa shape index (κ2) is 12.6. The van der Waals surface area contributed by atoms with E-state index in [0.29, 0.717) is 16.8 Å². The summed E-state index contributed by atoms with van der Waals surface area (Å²) in [5.74, 6) is 0. The standard InChI is InChI=1S/C29H24F3N5O4/c30-29(31,32)21-11-13-22(14-12-21)33-27(38)35-25(19-7-3-1-4-8-19)26(20-9-5-2-6-10-20)36-28(39)34-23-15-17-24(18-16-23)37(40)41/h1-18,25-26H,(H2,33,35,38)(H2,34,36,39). The van der Waals surface area contributed by atoms with Gasteiger partial charge in [0.05, 0.1) is 22.6 Å². The van der Waals surface area contributed by atoms with Crippen LogP contribution in [-0.4, -0.2) is 17.0 Å². The Balaban J connectivity index is 1.58. The van der Waals surface area contributed by atoms with Crippen LogP contribution >= 0.6 is 0 Å². The van der Waals surface area contributed by atoms with Crippen molar-refractivity contribution < 1.29 is 27.7 Å². The number of alkyl halides is 3. The van der Waals surface area contributed by atoms with Gasteiger partial charge in [-0.1, -0.05) is 60.7 Å². The number of nitro benzene ring substituents is 1. The second-order valence-electron chi connectivity index (χ2n) is 8.85. The van der Waals surface area contributed by atoms with Crippen molar-refractivity contribution in [2.45, 2.75) is 18.3 Å². The predicted octanol–water partition coefficient (Wildman–Crippen LogP) is 7.04. The topological polar surface area (TPSA) is 125 Å². The number of benzene rings is 4. The van der Waals surface area contributed by atoms with E-state index in [1.807, 2.05) is 0 Å². The number of hydrogen-bond donors (Lipinski definition) is 4. The zero-order chi connectivity index (χ0) is 29.4. The summed E-state index contributed by atoms with van der Waals surface area (Å²) < 4.78 is 38.8. The zero-order valence-corrected chi connectivity index (χ0v) is 21.3. The smallest absolute Gasteiger partial charge is 0.329 e. The number of nitro groups is 1. The van der Waals surface area contributed by atoms with Gasteiger partial charge in [0, 0.05) is 23.5 Å². The maximum Gasteiger partial charge on any atom is 0.416 e. The molecule has 0 spiro atoms. The van der Waals surface area contributed by atoms with Gasteiger partial charge < -0.3 is 21.3 Å². The van der Waals surface area contributed by atoms with Crippen LogP contribution in [0, 0.1) is 10.1 Å². The van der Waals surface area contributed by atoms with Crippen LogP contribution in [0.5, 0.6) is 0 Å². The maximum atomic E-state index is 13.1. The summed E-state index contributed by atoms with van der Waals surface area (Å²) in [6.45, 7) is 0. The van der Waals surface area contributed by atoms with E-state index in [1.54, 1.807) is 60.7 Å². The third-order valence-electron chi connectivity index (χ3n) is 6.03. The molecule has 4 amide bonds. The minimum atomic E-state index is -4.51. The van der Waals surface area contributed by atoms with Gasteiger partial charge in [-0.2, -0.15) is 13.2 Å². The lowest BCUT2D eigenvalue weighted by molar-refractivity contribution is -0.384. The lowest BCUT2D eigenvalue weighted by Gasteiger charge is -2.30. The van der Waals surface area contributed by atoms with Crippen molar-refractivity contribution in [1.29, 1.82) is 0 Å². The number of non-ortho nitro benzene ring substituents is 1. The molecule has 12 heteroatoms. The summed E-state index contributed by atoms with van der Waals surface area (Å²) in [6, 6.07) is 24.0. The van der Waals surface area contributed by atoms with E-state index in [-0.39, 0.29) is 11.4 Å². The molecule has 4 aromatic rings. The first-order valence-electron chi connectivity index (χ1n) is 12.3. The number of carbonyl (C=O) groups is 2. The van der Waals surface area contributed by atoms with Crippen LogP contribution < -0.4 is 21.3 Å². The molecule has 0 saturated heterocycles. The van der Waals surface area contributed by atoms with E-state index in [2.05, 4.69) is 21.3 Å². The average Bonchev–Trinajstić information content (AvgIpc) is 2.96. The molecule has 0 bridgehead atoms. The Kier molecular flexibility index (Phi) is 8.82. The quantitative estimate of drug-likeness (QED) is 0.136. The van der Waals surface area contributed by atoms with Crippen LogP contribution in [0.15, 0.2) is 109 Å². The molecule has 0 aliphatic rings. The van der Waals surface area contributed by atoms with E-state index in [9.17, 15) is 32.9 Å². The van der Waals surface area contributed by atoms with Crippen molar-refractivity contribution in [1.82, 2.24) is 10.6 Å². The first-order chi connectivity index (χ1) is 19.6. The van der Waals surface area contributed by atoms with E-state index in [0.717, 1.165) is 24.3 Å². The van der Waals surface area contributed by atoms with Gasteiger partial charge in [0.1, 0.15) is 0 Å². The van der Waals surface area contributed by atoms with Gasteiger partial charge in [0.2, 0.25) is 0 Å². The zero-order valence-electron chi connectivity index (χ0n) is 21.3. The Morgan fingerprint density at radius 1 is 0.634 bits per heavy atom. The van der Waals surface area contributed by atoms with E-state index in [4.69, 9.17) is 0 Å². The number of urea groups is 2. The lowest BCUT2D eigenvalue weighted by atomic mass is 9.93. The predicted molar refractivity (Wildman–Crippen MR) is 147 cm³/mol. The highest BCUT2D eigenvalue weighted by molar-refractivity contribution is 5.91. The number of carbonyl (C=O) groups excluding carboxylic acids is 2. The summed E-state index contributed by atoms with van der Waals surface area (Å²) in [5.41, 5.74) is 0.754. The first kappa shape index (κ1) is 28.6. The third-order valence-corrected chi connectivity index (χ3v) is 6.03. The van der Waals surface area contributed by atoms with Crippen LogP contribution in [0.25, 0.3) is 0 Å². The number of nitrogens with zero attached hydrogens (tertiary/aromatic N) is 1. The number of nitrogens with one attached hydrogen (secondary N) is 4. The maximum absolute atomic E-state index is 13.1. The fourth-order valence-electron chi connectivity index (χ4n) is 4.06. The van der Waals surface area contributed by atoms with Crippen LogP contribution in [0.2, 0.25) is 0 Å². The minimum absolute atomic E-state index is 0.134. The molecule has 0 aromatic heterocycles.